The number of nitrogens with one attached hydrogen (secondary N) is 1. The van der Waals surface area contributed by atoms with Crippen molar-refractivity contribution in [2.24, 2.45) is 0 Å². The van der Waals surface area contributed by atoms with Crippen LogP contribution in [0.3, 0.4) is 0 Å². The first-order chi connectivity index (χ1) is 9.19. The molecule has 0 bridgehead atoms. The summed E-state index contributed by atoms with van der Waals surface area (Å²) in [4.78, 5) is 16.2. The molecule has 0 radical (unpaired) electrons. The molecule has 0 atom stereocenters. The van der Waals surface area contributed by atoms with Crippen molar-refractivity contribution in [1.29, 1.82) is 0 Å². The summed E-state index contributed by atoms with van der Waals surface area (Å²) in [6, 6.07) is 1.66. The summed E-state index contributed by atoms with van der Waals surface area (Å²) in [5.74, 6) is 0.299. The third-order valence-electron chi connectivity index (χ3n) is 3.27. The van der Waals surface area contributed by atoms with Crippen LogP contribution in [0.4, 0.5) is 0 Å². The zero-order chi connectivity index (χ0) is 13.4. The average molecular weight is 326 g/mol. The highest BCUT2D eigenvalue weighted by Gasteiger charge is 2.22. The molecule has 0 amide bonds. The van der Waals surface area contributed by atoms with Gasteiger partial charge in [0.25, 0.3) is 5.56 Å². The van der Waals surface area contributed by atoms with Crippen molar-refractivity contribution >= 4 is 26.7 Å². The highest BCUT2D eigenvalue weighted by molar-refractivity contribution is 9.10. The van der Waals surface area contributed by atoms with E-state index in [-0.39, 0.29) is 18.3 Å². The topological polar surface area (TPSA) is 88.1 Å². The maximum absolute atomic E-state index is 11.9. The van der Waals surface area contributed by atoms with Crippen molar-refractivity contribution in [2.75, 3.05) is 0 Å². The minimum atomic E-state index is -0.360. The van der Waals surface area contributed by atoms with Crippen LogP contribution in [0.25, 0.3) is 10.8 Å². The van der Waals surface area contributed by atoms with Crippen LogP contribution in [0.2, 0.25) is 0 Å². The number of hydrogen-bond donors (Lipinski definition) is 2. The van der Waals surface area contributed by atoms with Gasteiger partial charge in [-0.25, -0.2) is 10.1 Å². The van der Waals surface area contributed by atoms with Crippen LogP contribution in [0.5, 0.6) is 5.88 Å². The van der Waals surface area contributed by atoms with Crippen LogP contribution in [0, 0.1) is 0 Å². The monoisotopic (exact) mass is 325 g/mol. The van der Waals surface area contributed by atoms with Crippen LogP contribution in [0.15, 0.2) is 15.5 Å². The fourth-order valence-electron chi connectivity index (χ4n) is 2.03. The Labute approximate surface area is 116 Å². The molecule has 2 N–H and O–H groups in total. The van der Waals surface area contributed by atoms with Crippen molar-refractivity contribution < 1.29 is 9.84 Å². The van der Waals surface area contributed by atoms with E-state index in [1.54, 1.807) is 6.07 Å². The number of hydrogen-bond acceptors (Lipinski definition) is 5. The van der Waals surface area contributed by atoms with Gasteiger partial charge >= 0.3 is 0 Å². The third-order valence-corrected chi connectivity index (χ3v) is 3.67. The third kappa shape index (κ3) is 2.23. The quantitative estimate of drug-likeness (QED) is 0.835. The number of aliphatic hydroxyl groups is 1. The molecule has 0 unspecified atom stereocenters. The number of halogens is 1. The van der Waals surface area contributed by atoms with Crippen molar-refractivity contribution in [3.63, 3.8) is 0 Å². The molecular formula is C12H12BrN3O3. The second-order valence-corrected chi connectivity index (χ2v) is 5.31. The largest absolute Gasteiger partial charge is 0.474 e. The van der Waals surface area contributed by atoms with Crippen LogP contribution in [-0.4, -0.2) is 26.4 Å². The summed E-state index contributed by atoms with van der Waals surface area (Å²) in [6.07, 6.45) is 3.21. The summed E-state index contributed by atoms with van der Waals surface area (Å²) >= 11 is 3.29. The van der Waals surface area contributed by atoms with Crippen LogP contribution in [0.1, 0.15) is 25.0 Å². The summed E-state index contributed by atoms with van der Waals surface area (Å²) < 4.78 is 6.31. The van der Waals surface area contributed by atoms with Gasteiger partial charge in [-0.05, 0) is 41.3 Å². The van der Waals surface area contributed by atoms with Crippen molar-refractivity contribution in [2.45, 2.75) is 32.0 Å². The molecule has 0 saturated heterocycles. The first-order valence-electron chi connectivity index (χ1n) is 6.04. The van der Waals surface area contributed by atoms with E-state index in [0.717, 1.165) is 19.3 Å². The maximum atomic E-state index is 11.9. The van der Waals surface area contributed by atoms with E-state index in [2.05, 4.69) is 31.1 Å². The summed E-state index contributed by atoms with van der Waals surface area (Å²) in [7, 11) is 0. The fourth-order valence-corrected chi connectivity index (χ4v) is 2.42. The van der Waals surface area contributed by atoms with E-state index in [4.69, 9.17) is 4.74 Å². The summed E-state index contributed by atoms with van der Waals surface area (Å²) in [6.45, 7) is -0.257. The van der Waals surface area contributed by atoms with Gasteiger partial charge in [-0.3, -0.25) is 4.79 Å². The second-order valence-electron chi connectivity index (χ2n) is 4.50. The standard InChI is InChI=1S/C12H12BrN3O3/c13-9-4-7-8(5-17)15-16-11(18)10(7)12(14-9)19-6-2-1-3-6/h4,6,17H,1-3,5H2,(H,16,18). The molecule has 1 aliphatic rings. The molecule has 1 saturated carbocycles. The predicted molar refractivity (Wildman–Crippen MR) is 72.0 cm³/mol. The molecule has 1 fully saturated rings. The van der Waals surface area contributed by atoms with Crippen molar-refractivity contribution in [1.82, 2.24) is 15.2 Å². The Morgan fingerprint density at radius 2 is 2.32 bits per heavy atom. The lowest BCUT2D eigenvalue weighted by molar-refractivity contribution is 0.116. The number of nitrogens with zero attached hydrogens (tertiary/aromatic N) is 2. The van der Waals surface area contributed by atoms with E-state index in [1.165, 1.54) is 0 Å². The summed E-state index contributed by atoms with van der Waals surface area (Å²) in [5.41, 5.74) is 0.0395. The number of aliphatic hydroxyl groups excluding tert-OH is 1. The molecule has 2 aromatic rings. The van der Waals surface area contributed by atoms with Gasteiger partial charge in [0.05, 0.1) is 12.3 Å². The van der Waals surface area contributed by atoms with Gasteiger partial charge in [-0.1, -0.05) is 0 Å². The fraction of sp³-hybridized carbons (Fsp3) is 0.417. The van der Waals surface area contributed by atoms with Gasteiger partial charge in [-0.2, -0.15) is 5.10 Å². The molecular weight excluding hydrogens is 314 g/mol. The average Bonchev–Trinajstić information content (AvgIpc) is 2.33. The highest BCUT2D eigenvalue weighted by Crippen LogP contribution is 2.30. The summed E-state index contributed by atoms with van der Waals surface area (Å²) in [5, 5.41) is 16.4. The normalized spacial score (nSPS) is 15.5. The van der Waals surface area contributed by atoms with E-state index in [9.17, 15) is 9.90 Å². The zero-order valence-corrected chi connectivity index (χ0v) is 11.6. The van der Waals surface area contributed by atoms with Gasteiger partial charge < -0.3 is 9.84 Å². The first-order valence-corrected chi connectivity index (χ1v) is 6.83. The molecule has 0 aromatic carbocycles. The molecule has 3 rings (SSSR count). The smallest absolute Gasteiger partial charge is 0.277 e. The molecule has 19 heavy (non-hydrogen) atoms. The Kier molecular flexibility index (Phi) is 3.24. The molecule has 0 aliphatic heterocycles. The van der Waals surface area contributed by atoms with Crippen molar-refractivity contribution in [3.05, 3.63) is 26.7 Å². The van der Waals surface area contributed by atoms with E-state index in [1.807, 2.05) is 0 Å². The number of aromatic nitrogens is 3. The Balaban J connectivity index is 2.21. The number of ether oxygens (including phenoxy) is 1. The van der Waals surface area contributed by atoms with Crippen LogP contribution in [-0.2, 0) is 6.61 Å². The highest BCUT2D eigenvalue weighted by atomic mass is 79.9. The molecule has 0 spiro atoms. The molecule has 6 nitrogen and oxygen atoms in total. The van der Waals surface area contributed by atoms with Crippen LogP contribution < -0.4 is 10.3 Å². The minimum absolute atomic E-state index is 0.121. The molecule has 2 heterocycles. The number of fused-ring (bicyclic) bond motifs is 1. The Morgan fingerprint density at radius 3 is 2.95 bits per heavy atom. The zero-order valence-electron chi connectivity index (χ0n) is 10.0. The number of H-pyrrole nitrogens is 1. The minimum Gasteiger partial charge on any atom is -0.474 e. The molecule has 2 aromatic heterocycles. The lowest BCUT2D eigenvalue weighted by Crippen LogP contribution is -2.26. The molecule has 1 aliphatic carbocycles. The van der Waals surface area contributed by atoms with E-state index < -0.39 is 0 Å². The number of pyridine rings is 1. The van der Waals surface area contributed by atoms with Gasteiger partial charge in [0.1, 0.15) is 16.1 Å². The molecule has 7 heteroatoms. The van der Waals surface area contributed by atoms with E-state index in [0.29, 0.717) is 26.9 Å². The lowest BCUT2D eigenvalue weighted by Gasteiger charge is -2.26. The Hall–Kier alpha value is -1.47. The van der Waals surface area contributed by atoms with Gasteiger partial charge in [0.2, 0.25) is 5.88 Å². The molecule has 100 valence electrons. The lowest BCUT2D eigenvalue weighted by atomic mass is 9.96. The first kappa shape index (κ1) is 12.6. The number of rotatable bonds is 3. The number of aromatic amines is 1. The van der Waals surface area contributed by atoms with Crippen molar-refractivity contribution in [3.8, 4) is 5.88 Å². The SMILES string of the molecule is O=c1[nH]nc(CO)c2cc(Br)nc(OC3CCC3)c12. The second kappa shape index (κ2) is 4.90. The Morgan fingerprint density at radius 1 is 1.53 bits per heavy atom. The maximum Gasteiger partial charge on any atom is 0.277 e. The Bertz CT molecular complexity index is 682. The van der Waals surface area contributed by atoms with Gasteiger partial charge in [-0.15, -0.1) is 0 Å². The van der Waals surface area contributed by atoms with Gasteiger partial charge in [0.15, 0.2) is 0 Å². The van der Waals surface area contributed by atoms with Gasteiger partial charge in [0, 0.05) is 5.39 Å². The van der Waals surface area contributed by atoms with Crippen LogP contribution >= 0.6 is 15.9 Å². The predicted octanol–water partition coefficient (Wildman–Crippen LogP) is 1.50. The van der Waals surface area contributed by atoms with E-state index >= 15 is 0 Å².